The standard InChI is InChI=1S/C18H19N5O4/c1-27-15-7-3-5-13(9-15)16-10-17(21-20-16)18(24)22-19-11-12-4-2-6-14(8-12)23(25)26/h2-9,11,16-17,20-21H,10H2,1H3,(H,22,24)/b19-11+. The first kappa shape index (κ1) is 18.5. The lowest BCUT2D eigenvalue weighted by Crippen LogP contribution is -2.41. The number of nitrogens with zero attached hydrogens (tertiary/aromatic N) is 2. The highest BCUT2D eigenvalue weighted by atomic mass is 16.6. The van der Waals surface area contributed by atoms with Crippen LogP contribution in [0.15, 0.2) is 53.6 Å². The third kappa shape index (κ3) is 4.66. The Kier molecular flexibility index (Phi) is 5.74. The molecule has 0 saturated carbocycles. The van der Waals surface area contributed by atoms with Crippen LogP contribution in [0.4, 0.5) is 5.69 Å². The summed E-state index contributed by atoms with van der Waals surface area (Å²) in [4.78, 5) is 22.5. The first-order chi connectivity index (χ1) is 13.1. The van der Waals surface area contributed by atoms with Gasteiger partial charge in [0.05, 0.1) is 18.2 Å². The van der Waals surface area contributed by atoms with E-state index in [0.717, 1.165) is 11.3 Å². The molecule has 3 rings (SSSR count). The second-order valence-corrected chi connectivity index (χ2v) is 5.99. The molecule has 1 aliphatic rings. The predicted molar refractivity (Wildman–Crippen MR) is 99.2 cm³/mol. The molecule has 2 unspecified atom stereocenters. The molecule has 1 saturated heterocycles. The highest BCUT2D eigenvalue weighted by Crippen LogP contribution is 2.25. The lowest BCUT2D eigenvalue weighted by Gasteiger charge is -2.10. The van der Waals surface area contributed by atoms with E-state index < -0.39 is 11.0 Å². The van der Waals surface area contributed by atoms with Crippen LogP contribution in [0.3, 0.4) is 0 Å². The Labute approximate surface area is 155 Å². The van der Waals surface area contributed by atoms with Crippen molar-refractivity contribution in [3.8, 4) is 5.75 Å². The number of hydrogen-bond acceptors (Lipinski definition) is 7. The first-order valence-corrected chi connectivity index (χ1v) is 8.29. The zero-order valence-corrected chi connectivity index (χ0v) is 14.6. The number of amides is 1. The largest absolute Gasteiger partial charge is 0.497 e. The van der Waals surface area contributed by atoms with Gasteiger partial charge >= 0.3 is 0 Å². The number of nitrogens with one attached hydrogen (secondary N) is 3. The number of ether oxygens (including phenoxy) is 1. The maximum atomic E-state index is 12.3. The third-order valence-electron chi connectivity index (χ3n) is 4.19. The van der Waals surface area contributed by atoms with Crippen LogP contribution in [-0.2, 0) is 4.79 Å². The van der Waals surface area contributed by atoms with Crippen molar-refractivity contribution in [2.24, 2.45) is 5.10 Å². The van der Waals surface area contributed by atoms with E-state index in [-0.39, 0.29) is 17.6 Å². The van der Waals surface area contributed by atoms with Crippen molar-refractivity contribution in [3.63, 3.8) is 0 Å². The van der Waals surface area contributed by atoms with Crippen molar-refractivity contribution >= 4 is 17.8 Å². The normalized spacial score (nSPS) is 19.1. The predicted octanol–water partition coefficient (Wildman–Crippen LogP) is 1.66. The van der Waals surface area contributed by atoms with Crippen molar-refractivity contribution in [1.29, 1.82) is 0 Å². The summed E-state index contributed by atoms with van der Waals surface area (Å²) in [6.07, 6.45) is 1.91. The molecule has 2 atom stereocenters. The van der Waals surface area contributed by atoms with Gasteiger partial charge in [0.1, 0.15) is 11.8 Å². The summed E-state index contributed by atoms with van der Waals surface area (Å²) in [7, 11) is 1.61. The second kappa shape index (κ2) is 8.39. The van der Waals surface area contributed by atoms with Crippen LogP contribution < -0.4 is 21.0 Å². The zero-order valence-electron chi connectivity index (χ0n) is 14.6. The number of nitro groups is 1. The molecule has 2 aromatic rings. The smallest absolute Gasteiger partial charge is 0.270 e. The van der Waals surface area contributed by atoms with E-state index in [4.69, 9.17) is 4.74 Å². The van der Waals surface area contributed by atoms with Gasteiger partial charge in [-0.2, -0.15) is 5.10 Å². The maximum Gasteiger partial charge on any atom is 0.270 e. The van der Waals surface area contributed by atoms with Crippen LogP contribution >= 0.6 is 0 Å². The van der Waals surface area contributed by atoms with E-state index in [0.29, 0.717) is 12.0 Å². The molecule has 9 heteroatoms. The molecular formula is C18H19N5O4. The fourth-order valence-electron chi connectivity index (χ4n) is 2.77. The number of rotatable bonds is 6. The van der Waals surface area contributed by atoms with Gasteiger partial charge in [-0.15, -0.1) is 0 Å². The molecule has 9 nitrogen and oxygen atoms in total. The van der Waals surface area contributed by atoms with Crippen LogP contribution in [0, 0.1) is 10.1 Å². The zero-order chi connectivity index (χ0) is 19.2. The van der Waals surface area contributed by atoms with Crippen LogP contribution in [0.1, 0.15) is 23.6 Å². The average molecular weight is 369 g/mol. The topological polar surface area (TPSA) is 118 Å². The van der Waals surface area contributed by atoms with Gasteiger partial charge in [-0.25, -0.2) is 16.3 Å². The number of nitro benzene ring substituents is 1. The molecule has 140 valence electrons. The Morgan fingerprint density at radius 3 is 2.89 bits per heavy atom. The molecule has 0 radical (unpaired) electrons. The fourth-order valence-corrected chi connectivity index (χ4v) is 2.77. The number of hydrazone groups is 1. The fraction of sp³-hybridized carbons (Fsp3) is 0.222. The molecule has 1 fully saturated rings. The Hall–Kier alpha value is -3.30. The molecule has 1 aliphatic heterocycles. The lowest BCUT2D eigenvalue weighted by atomic mass is 10.0. The van der Waals surface area contributed by atoms with Gasteiger partial charge < -0.3 is 4.74 Å². The molecule has 3 N–H and O–H groups in total. The molecule has 0 aromatic heterocycles. The summed E-state index contributed by atoms with van der Waals surface area (Å²) in [6.45, 7) is 0. The third-order valence-corrected chi connectivity index (χ3v) is 4.19. The highest BCUT2D eigenvalue weighted by Gasteiger charge is 2.30. The van der Waals surface area contributed by atoms with E-state index >= 15 is 0 Å². The van der Waals surface area contributed by atoms with Gasteiger partial charge in [-0.05, 0) is 24.1 Å². The Morgan fingerprint density at radius 2 is 2.11 bits per heavy atom. The molecule has 1 heterocycles. The van der Waals surface area contributed by atoms with Crippen LogP contribution in [0.25, 0.3) is 0 Å². The minimum absolute atomic E-state index is 0.0309. The monoisotopic (exact) mass is 369 g/mol. The highest BCUT2D eigenvalue weighted by molar-refractivity contribution is 5.85. The Morgan fingerprint density at radius 1 is 1.30 bits per heavy atom. The average Bonchev–Trinajstić information content (AvgIpc) is 3.18. The van der Waals surface area contributed by atoms with E-state index in [9.17, 15) is 14.9 Å². The van der Waals surface area contributed by atoms with Crippen molar-refractivity contribution in [2.45, 2.75) is 18.5 Å². The van der Waals surface area contributed by atoms with Gasteiger partial charge in [0.2, 0.25) is 0 Å². The molecule has 27 heavy (non-hydrogen) atoms. The molecule has 1 amide bonds. The summed E-state index contributed by atoms with van der Waals surface area (Å²) in [5.41, 5.74) is 9.99. The maximum absolute atomic E-state index is 12.3. The minimum atomic E-state index is -0.483. The molecule has 0 spiro atoms. The van der Waals surface area contributed by atoms with Gasteiger partial charge in [-0.3, -0.25) is 14.9 Å². The number of hydrogen-bond donors (Lipinski definition) is 3. The summed E-state index contributed by atoms with van der Waals surface area (Å²) in [5.74, 6) is 0.457. The number of hydrazine groups is 1. The summed E-state index contributed by atoms with van der Waals surface area (Å²) in [5, 5.41) is 14.6. The van der Waals surface area contributed by atoms with E-state index in [2.05, 4.69) is 21.4 Å². The van der Waals surface area contributed by atoms with Crippen molar-refractivity contribution in [3.05, 3.63) is 69.8 Å². The van der Waals surface area contributed by atoms with E-state index in [1.54, 1.807) is 19.2 Å². The number of carbonyl (C=O) groups is 1. The van der Waals surface area contributed by atoms with Crippen molar-refractivity contribution < 1.29 is 14.5 Å². The van der Waals surface area contributed by atoms with Crippen LogP contribution in [0.5, 0.6) is 5.75 Å². The molecule has 0 bridgehead atoms. The first-order valence-electron chi connectivity index (χ1n) is 8.29. The van der Waals surface area contributed by atoms with Crippen molar-refractivity contribution in [2.75, 3.05) is 7.11 Å². The summed E-state index contributed by atoms with van der Waals surface area (Å²) < 4.78 is 5.22. The SMILES string of the molecule is COc1cccc(C2CC(C(=O)N/N=C/c3cccc([N+](=O)[O-])c3)NN2)c1. The Balaban J connectivity index is 1.56. The lowest BCUT2D eigenvalue weighted by molar-refractivity contribution is -0.384. The van der Waals surface area contributed by atoms with Gasteiger partial charge in [0.15, 0.2) is 0 Å². The van der Waals surface area contributed by atoms with E-state index in [1.165, 1.54) is 18.3 Å². The van der Waals surface area contributed by atoms with Gasteiger partial charge in [0, 0.05) is 23.7 Å². The minimum Gasteiger partial charge on any atom is -0.497 e. The van der Waals surface area contributed by atoms with Crippen LogP contribution in [-0.4, -0.2) is 30.2 Å². The molecule has 2 aromatic carbocycles. The number of benzene rings is 2. The van der Waals surface area contributed by atoms with Crippen molar-refractivity contribution in [1.82, 2.24) is 16.3 Å². The van der Waals surface area contributed by atoms with Gasteiger partial charge in [0.25, 0.3) is 11.6 Å². The number of methoxy groups -OCH3 is 1. The summed E-state index contributed by atoms with van der Waals surface area (Å²) in [6, 6.07) is 13.1. The Bertz CT molecular complexity index is 870. The van der Waals surface area contributed by atoms with Crippen LogP contribution in [0.2, 0.25) is 0 Å². The summed E-state index contributed by atoms with van der Waals surface area (Å²) >= 11 is 0. The number of non-ortho nitro benzene ring substituents is 1. The van der Waals surface area contributed by atoms with E-state index in [1.807, 2.05) is 24.3 Å². The second-order valence-electron chi connectivity index (χ2n) is 5.99. The molecular weight excluding hydrogens is 350 g/mol. The quantitative estimate of drug-likeness (QED) is 0.405. The molecule has 0 aliphatic carbocycles. The number of carbonyl (C=O) groups excluding carboxylic acids is 1. The van der Waals surface area contributed by atoms with Gasteiger partial charge in [-0.1, -0.05) is 24.3 Å².